The van der Waals surface area contributed by atoms with Gasteiger partial charge in [0.05, 0.1) is 19.1 Å². The molecule has 1 atom stereocenters. The van der Waals surface area contributed by atoms with Crippen LogP contribution in [0.25, 0.3) is 17.5 Å². The molecule has 3 aromatic rings. The van der Waals surface area contributed by atoms with E-state index in [1.807, 2.05) is 0 Å². The minimum atomic E-state index is -0.802. The van der Waals surface area contributed by atoms with Crippen molar-refractivity contribution in [1.82, 2.24) is 10.2 Å². The third kappa shape index (κ3) is 5.24. The number of benzene rings is 2. The van der Waals surface area contributed by atoms with Gasteiger partial charge in [0.15, 0.2) is 6.10 Å². The van der Waals surface area contributed by atoms with E-state index in [9.17, 15) is 14.9 Å². The van der Waals surface area contributed by atoms with Gasteiger partial charge in [-0.25, -0.2) is 4.79 Å². The van der Waals surface area contributed by atoms with Crippen molar-refractivity contribution in [2.24, 2.45) is 0 Å². The van der Waals surface area contributed by atoms with E-state index in [-0.39, 0.29) is 17.5 Å². The number of carbonyl (C=O) groups excluding carboxylic acids is 1. The summed E-state index contributed by atoms with van der Waals surface area (Å²) in [7, 11) is 3.07. The lowest BCUT2D eigenvalue weighted by atomic mass is 10.1. The molecule has 10 nitrogen and oxygen atoms in total. The van der Waals surface area contributed by atoms with E-state index in [4.69, 9.17) is 18.6 Å². The Morgan fingerprint density at radius 3 is 2.52 bits per heavy atom. The fraction of sp³-hybridized carbons (Fsp3) is 0.190. The Hall–Kier alpha value is -4.21. The molecule has 31 heavy (non-hydrogen) atoms. The van der Waals surface area contributed by atoms with Crippen LogP contribution in [0, 0.1) is 10.1 Å². The summed E-state index contributed by atoms with van der Waals surface area (Å²) < 4.78 is 21.3. The summed E-state index contributed by atoms with van der Waals surface area (Å²) in [4.78, 5) is 22.4. The average molecular weight is 425 g/mol. The molecule has 0 saturated heterocycles. The van der Waals surface area contributed by atoms with Crippen LogP contribution in [0.1, 0.15) is 24.5 Å². The van der Waals surface area contributed by atoms with Crippen LogP contribution in [-0.2, 0) is 9.53 Å². The first-order valence-corrected chi connectivity index (χ1v) is 9.10. The van der Waals surface area contributed by atoms with Crippen LogP contribution in [0.3, 0.4) is 0 Å². The van der Waals surface area contributed by atoms with Gasteiger partial charge in [0.25, 0.3) is 11.6 Å². The van der Waals surface area contributed by atoms with Gasteiger partial charge in [0.2, 0.25) is 5.89 Å². The van der Waals surface area contributed by atoms with Crippen molar-refractivity contribution in [2.45, 2.75) is 13.0 Å². The Kier molecular flexibility index (Phi) is 6.61. The number of hydrogen-bond donors (Lipinski definition) is 0. The molecule has 0 aliphatic heterocycles. The minimum Gasteiger partial charge on any atom is -0.497 e. The summed E-state index contributed by atoms with van der Waals surface area (Å²) in [6, 6.07) is 10.9. The van der Waals surface area contributed by atoms with Crippen molar-refractivity contribution in [3.05, 3.63) is 70.1 Å². The number of nitro benzene ring substituents is 1. The lowest BCUT2D eigenvalue weighted by Gasteiger charge is -2.08. The zero-order valence-electron chi connectivity index (χ0n) is 17.0. The monoisotopic (exact) mass is 425 g/mol. The molecule has 1 heterocycles. The maximum atomic E-state index is 12.2. The molecule has 0 amide bonds. The average Bonchev–Trinajstić information content (AvgIpc) is 3.28. The number of methoxy groups -OCH3 is 2. The summed E-state index contributed by atoms with van der Waals surface area (Å²) >= 11 is 0. The van der Waals surface area contributed by atoms with Crippen molar-refractivity contribution in [3.63, 3.8) is 0 Å². The second-order valence-electron chi connectivity index (χ2n) is 6.27. The number of non-ortho nitro benzene ring substituents is 1. The molecule has 0 N–H and O–H groups in total. The third-order valence-electron chi connectivity index (χ3n) is 4.24. The molecule has 0 saturated carbocycles. The van der Waals surface area contributed by atoms with Gasteiger partial charge < -0.3 is 18.6 Å². The SMILES string of the molecule is COc1ccc(OC)c(/C=C/C(=O)OC(C)c2nnc(-c3ccc([N+](=O)[O-])cc3)o2)c1. The molecule has 10 heteroatoms. The highest BCUT2D eigenvalue weighted by Crippen LogP contribution is 2.26. The second kappa shape index (κ2) is 9.53. The summed E-state index contributed by atoms with van der Waals surface area (Å²) in [5, 5.41) is 18.5. The molecule has 0 aliphatic carbocycles. The van der Waals surface area contributed by atoms with Gasteiger partial charge in [-0.05, 0) is 43.3 Å². The zero-order chi connectivity index (χ0) is 22.4. The number of rotatable bonds is 8. The van der Waals surface area contributed by atoms with E-state index in [2.05, 4.69) is 10.2 Å². The number of carbonyl (C=O) groups is 1. The van der Waals surface area contributed by atoms with Crippen molar-refractivity contribution in [2.75, 3.05) is 14.2 Å². The first kappa shape index (κ1) is 21.5. The van der Waals surface area contributed by atoms with Crippen molar-refractivity contribution in [1.29, 1.82) is 0 Å². The normalized spacial score (nSPS) is 11.8. The number of esters is 1. The van der Waals surface area contributed by atoms with E-state index >= 15 is 0 Å². The molecule has 0 radical (unpaired) electrons. The van der Waals surface area contributed by atoms with Crippen molar-refractivity contribution >= 4 is 17.7 Å². The van der Waals surface area contributed by atoms with Crippen molar-refractivity contribution < 1.29 is 28.3 Å². The largest absolute Gasteiger partial charge is 0.497 e. The van der Waals surface area contributed by atoms with E-state index in [0.29, 0.717) is 22.6 Å². The van der Waals surface area contributed by atoms with Crippen LogP contribution in [-0.4, -0.2) is 35.3 Å². The van der Waals surface area contributed by atoms with Crippen LogP contribution in [0.5, 0.6) is 11.5 Å². The zero-order valence-corrected chi connectivity index (χ0v) is 17.0. The lowest BCUT2D eigenvalue weighted by Crippen LogP contribution is -2.06. The Morgan fingerprint density at radius 2 is 1.87 bits per heavy atom. The number of nitro groups is 1. The van der Waals surface area contributed by atoms with Gasteiger partial charge in [-0.1, -0.05) is 0 Å². The molecular formula is C21H19N3O7. The second-order valence-corrected chi connectivity index (χ2v) is 6.27. The molecule has 2 aromatic carbocycles. The highest BCUT2D eigenvalue weighted by atomic mass is 16.6. The number of aromatic nitrogens is 2. The molecule has 0 spiro atoms. The van der Waals surface area contributed by atoms with Crippen LogP contribution in [0.4, 0.5) is 5.69 Å². The third-order valence-corrected chi connectivity index (χ3v) is 4.24. The fourth-order valence-electron chi connectivity index (χ4n) is 2.63. The summed E-state index contributed by atoms with van der Waals surface area (Å²) in [5.74, 6) is 0.820. The molecule has 1 aromatic heterocycles. The maximum absolute atomic E-state index is 12.2. The Morgan fingerprint density at radius 1 is 1.13 bits per heavy atom. The topological polar surface area (TPSA) is 127 Å². The van der Waals surface area contributed by atoms with Crippen molar-refractivity contribution in [3.8, 4) is 23.0 Å². The van der Waals surface area contributed by atoms with E-state index in [0.717, 1.165) is 0 Å². The Labute approximate surface area is 177 Å². The molecular weight excluding hydrogens is 406 g/mol. The van der Waals surface area contributed by atoms with Gasteiger partial charge in [0, 0.05) is 29.3 Å². The van der Waals surface area contributed by atoms with Gasteiger partial charge >= 0.3 is 5.97 Å². The highest BCUT2D eigenvalue weighted by molar-refractivity contribution is 5.87. The molecule has 0 bridgehead atoms. The highest BCUT2D eigenvalue weighted by Gasteiger charge is 2.18. The van der Waals surface area contributed by atoms with Crippen LogP contribution >= 0.6 is 0 Å². The predicted octanol–water partition coefficient (Wildman–Crippen LogP) is 3.98. The van der Waals surface area contributed by atoms with Gasteiger partial charge in [-0.2, -0.15) is 0 Å². The Bertz CT molecular complexity index is 1110. The number of hydrogen-bond acceptors (Lipinski definition) is 9. The predicted molar refractivity (Wildman–Crippen MR) is 109 cm³/mol. The van der Waals surface area contributed by atoms with Crippen LogP contribution < -0.4 is 9.47 Å². The molecule has 0 fully saturated rings. The standard InChI is InChI=1S/C21H19N3O7/c1-13(20-22-23-21(31-20)14-4-7-16(8-5-14)24(26)27)30-19(25)11-6-15-12-17(28-2)9-10-18(15)29-3/h4-13H,1-3H3/b11-6+. The summed E-state index contributed by atoms with van der Waals surface area (Å²) in [5.41, 5.74) is 1.10. The molecule has 1 unspecified atom stereocenters. The Balaban J connectivity index is 1.66. The van der Waals surface area contributed by atoms with Gasteiger partial charge in [-0.15, -0.1) is 10.2 Å². The van der Waals surface area contributed by atoms with Crippen LogP contribution in [0.15, 0.2) is 53.0 Å². The maximum Gasteiger partial charge on any atom is 0.331 e. The number of ether oxygens (including phenoxy) is 3. The summed E-state index contributed by atoms with van der Waals surface area (Å²) in [6.07, 6.45) is 2.00. The van der Waals surface area contributed by atoms with E-state index in [1.165, 1.54) is 37.5 Å². The van der Waals surface area contributed by atoms with E-state index in [1.54, 1.807) is 38.3 Å². The first-order valence-electron chi connectivity index (χ1n) is 9.10. The van der Waals surface area contributed by atoms with E-state index < -0.39 is 17.0 Å². The molecule has 3 rings (SSSR count). The molecule has 160 valence electrons. The van der Waals surface area contributed by atoms with Crippen LogP contribution in [0.2, 0.25) is 0 Å². The minimum absolute atomic E-state index is 0.0507. The van der Waals surface area contributed by atoms with Gasteiger partial charge in [0.1, 0.15) is 11.5 Å². The fourth-order valence-corrected chi connectivity index (χ4v) is 2.63. The smallest absolute Gasteiger partial charge is 0.331 e. The quantitative estimate of drug-likeness (QED) is 0.228. The molecule has 0 aliphatic rings. The first-order chi connectivity index (χ1) is 14.9. The van der Waals surface area contributed by atoms with Gasteiger partial charge in [-0.3, -0.25) is 10.1 Å². The summed E-state index contributed by atoms with van der Waals surface area (Å²) in [6.45, 7) is 1.59. The lowest BCUT2D eigenvalue weighted by molar-refractivity contribution is -0.384. The number of nitrogens with zero attached hydrogens (tertiary/aromatic N) is 3.